The van der Waals surface area contributed by atoms with Crippen LogP contribution in [0.1, 0.15) is 26.2 Å². The molecular formula is C15H17Cl2NO3. The van der Waals surface area contributed by atoms with Crippen molar-refractivity contribution in [3.05, 3.63) is 28.2 Å². The number of halogens is 2. The van der Waals surface area contributed by atoms with Gasteiger partial charge in [0.1, 0.15) is 0 Å². The molecule has 21 heavy (non-hydrogen) atoms. The molecule has 6 heteroatoms. The first kappa shape index (κ1) is 16.1. The van der Waals surface area contributed by atoms with Crippen LogP contribution in [0, 0.1) is 17.8 Å². The molecular weight excluding hydrogens is 313 g/mol. The van der Waals surface area contributed by atoms with Crippen LogP contribution in [-0.2, 0) is 9.59 Å². The van der Waals surface area contributed by atoms with Crippen LogP contribution in [0.3, 0.4) is 0 Å². The molecule has 1 unspecified atom stereocenters. The molecule has 1 fully saturated rings. The molecule has 4 nitrogen and oxygen atoms in total. The minimum Gasteiger partial charge on any atom is -0.481 e. The molecule has 1 aromatic rings. The molecule has 1 aliphatic rings. The summed E-state index contributed by atoms with van der Waals surface area (Å²) in [6, 6.07) is 4.75. The molecule has 0 aliphatic heterocycles. The molecule has 0 bridgehead atoms. The normalized spacial score (nSPS) is 24.8. The Labute approximate surface area is 133 Å². The van der Waals surface area contributed by atoms with E-state index in [0.717, 1.165) is 6.42 Å². The lowest BCUT2D eigenvalue weighted by molar-refractivity contribution is -0.145. The van der Waals surface area contributed by atoms with E-state index in [2.05, 4.69) is 5.32 Å². The molecule has 0 saturated heterocycles. The van der Waals surface area contributed by atoms with Crippen molar-refractivity contribution in [3.63, 3.8) is 0 Å². The molecule has 0 spiro atoms. The molecule has 2 rings (SSSR count). The monoisotopic (exact) mass is 329 g/mol. The van der Waals surface area contributed by atoms with Crippen LogP contribution in [0.15, 0.2) is 18.2 Å². The number of amides is 1. The highest BCUT2D eigenvalue weighted by Gasteiger charge is 2.42. The number of hydrogen-bond donors (Lipinski definition) is 2. The first-order valence-electron chi connectivity index (χ1n) is 6.90. The van der Waals surface area contributed by atoms with E-state index in [-0.39, 0.29) is 11.8 Å². The summed E-state index contributed by atoms with van der Waals surface area (Å²) >= 11 is 11.8. The number of hydrogen-bond acceptors (Lipinski definition) is 2. The van der Waals surface area contributed by atoms with E-state index in [1.54, 1.807) is 18.2 Å². The molecule has 1 amide bonds. The van der Waals surface area contributed by atoms with Gasteiger partial charge in [0.25, 0.3) is 0 Å². The van der Waals surface area contributed by atoms with Crippen LogP contribution in [0.25, 0.3) is 0 Å². The number of rotatable bonds is 4. The Bertz CT molecular complexity index is 542. The minimum absolute atomic E-state index is 0.281. The Hall–Kier alpha value is -1.26. The molecule has 1 aromatic carbocycles. The molecule has 2 N–H and O–H groups in total. The maximum atomic E-state index is 12.4. The maximum absolute atomic E-state index is 12.4. The van der Waals surface area contributed by atoms with E-state index >= 15 is 0 Å². The van der Waals surface area contributed by atoms with E-state index in [0.29, 0.717) is 28.6 Å². The fourth-order valence-electron chi connectivity index (χ4n) is 2.90. The van der Waals surface area contributed by atoms with Crippen LogP contribution in [-0.4, -0.2) is 17.0 Å². The molecule has 0 radical (unpaired) electrons. The van der Waals surface area contributed by atoms with E-state index < -0.39 is 17.8 Å². The largest absolute Gasteiger partial charge is 0.481 e. The second kappa shape index (κ2) is 6.67. The summed E-state index contributed by atoms with van der Waals surface area (Å²) in [6.45, 7) is 2.01. The molecule has 3 atom stereocenters. The number of aliphatic carboxylic acids is 1. The SMILES string of the molecule is CCC1C[C@H](C(=O)Nc2cc(Cl)cc(Cl)c2)[C@H](C(=O)O)C1. The van der Waals surface area contributed by atoms with Gasteiger partial charge in [0.05, 0.1) is 11.8 Å². The number of benzene rings is 1. The summed E-state index contributed by atoms with van der Waals surface area (Å²) in [5.74, 6) is -2.04. The summed E-state index contributed by atoms with van der Waals surface area (Å²) in [7, 11) is 0. The highest BCUT2D eigenvalue weighted by Crippen LogP contribution is 2.39. The third-order valence-electron chi connectivity index (χ3n) is 4.02. The Morgan fingerprint density at radius 2 is 1.76 bits per heavy atom. The lowest BCUT2D eigenvalue weighted by atomic mass is 9.95. The number of carboxylic acids is 1. The zero-order chi connectivity index (χ0) is 15.6. The lowest BCUT2D eigenvalue weighted by Gasteiger charge is -2.15. The van der Waals surface area contributed by atoms with Gasteiger partial charge in [0.15, 0.2) is 0 Å². The summed E-state index contributed by atoms with van der Waals surface area (Å²) in [5.41, 5.74) is 0.488. The fraction of sp³-hybridized carbons (Fsp3) is 0.467. The molecule has 0 heterocycles. The minimum atomic E-state index is -0.907. The van der Waals surface area contributed by atoms with E-state index in [1.807, 2.05) is 6.92 Å². The van der Waals surface area contributed by atoms with Crippen molar-refractivity contribution >= 4 is 40.8 Å². The average molecular weight is 330 g/mol. The van der Waals surface area contributed by atoms with Crippen molar-refractivity contribution < 1.29 is 14.7 Å². The number of carboxylic acid groups (broad SMARTS) is 1. The van der Waals surface area contributed by atoms with Gasteiger partial charge in [-0.15, -0.1) is 0 Å². The first-order chi connectivity index (χ1) is 9.90. The van der Waals surface area contributed by atoms with Crippen molar-refractivity contribution in [2.75, 3.05) is 5.32 Å². The maximum Gasteiger partial charge on any atom is 0.307 e. The topological polar surface area (TPSA) is 66.4 Å². The zero-order valence-corrected chi connectivity index (χ0v) is 13.1. The van der Waals surface area contributed by atoms with Crippen LogP contribution in [0.5, 0.6) is 0 Å². The highest BCUT2D eigenvalue weighted by atomic mass is 35.5. The van der Waals surface area contributed by atoms with Gasteiger partial charge >= 0.3 is 5.97 Å². The fourth-order valence-corrected chi connectivity index (χ4v) is 3.43. The van der Waals surface area contributed by atoms with Crippen molar-refractivity contribution in [3.8, 4) is 0 Å². The summed E-state index contributed by atoms with van der Waals surface area (Å²) in [4.78, 5) is 23.7. The van der Waals surface area contributed by atoms with Gasteiger partial charge < -0.3 is 10.4 Å². The number of carbonyl (C=O) groups is 2. The predicted molar refractivity (Wildman–Crippen MR) is 82.7 cm³/mol. The second-order valence-electron chi connectivity index (χ2n) is 5.44. The van der Waals surface area contributed by atoms with Crippen molar-refractivity contribution in [2.45, 2.75) is 26.2 Å². The Morgan fingerprint density at radius 3 is 2.29 bits per heavy atom. The third-order valence-corrected chi connectivity index (χ3v) is 4.46. The molecule has 1 aliphatic carbocycles. The van der Waals surface area contributed by atoms with Crippen LogP contribution in [0.4, 0.5) is 5.69 Å². The van der Waals surface area contributed by atoms with Gasteiger partial charge in [0.2, 0.25) is 5.91 Å². The Morgan fingerprint density at radius 1 is 1.19 bits per heavy atom. The highest BCUT2D eigenvalue weighted by molar-refractivity contribution is 6.35. The van der Waals surface area contributed by atoms with Gasteiger partial charge in [-0.05, 0) is 37.0 Å². The average Bonchev–Trinajstić information content (AvgIpc) is 2.81. The van der Waals surface area contributed by atoms with E-state index in [4.69, 9.17) is 23.2 Å². The third kappa shape index (κ3) is 3.89. The van der Waals surface area contributed by atoms with Gasteiger partial charge in [-0.2, -0.15) is 0 Å². The van der Waals surface area contributed by atoms with Gasteiger partial charge in [-0.25, -0.2) is 0 Å². The van der Waals surface area contributed by atoms with E-state index in [9.17, 15) is 14.7 Å². The Kier molecular flexibility index (Phi) is 5.12. The van der Waals surface area contributed by atoms with Crippen LogP contribution >= 0.6 is 23.2 Å². The quantitative estimate of drug-likeness (QED) is 0.874. The summed E-state index contributed by atoms with van der Waals surface area (Å²) in [6.07, 6.45) is 2.05. The van der Waals surface area contributed by atoms with Gasteiger partial charge in [-0.3, -0.25) is 9.59 Å². The standard InChI is InChI=1S/C15H17Cl2NO3/c1-2-8-3-12(13(4-8)15(20)21)14(19)18-11-6-9(16)5-10(17)7-11/h5-8,12-13H,2-4H2,1H3,(H,18,19)(H,20,21)/t8?,12-,13+/m0/s1. The summed E-state index contributed by atoms with van der Waals surface area (Å²) in [5, 5.41) is 12.8. The van der Waals surface area contributed by atoms with Gasteiger partial charge in [0, 0.05) is 15.7 Å². The predicted octanol–water partition coefficient (Wildman–Crippen LogP) is 4.07. The van der Waals surface area contributed by atoms with E-state index in [1.165, 1.54) is 0 Å². The smallest absolute Gasteiger partial charge is 0.307 e. The molecule has 1 saturated carbocycles. The summed E-state index contributed by atoms with van der Waals surface area (Å²) < 4.78 is 0. The van der Waals surface area contributed by atoms with Crippen molar-refractivity contribution in [1.29, 1.82) is 0 Å². The number of carbonyl (C=O) groups excluding carboxylic acids is 1. The molecule has 114 valence electrons. The van der Waals surface area contributed by atoms with Crippen LogP contribution < -0.4 is 5.32 Å². The molecule has 0 aromatic heterocycles. The second-order valence-corrected chi connectivity index (χ2v) is 6.32. The van der Waals surface area contributed by atoms with Gasteiger partial charge in [-0.1, -0.05) is 36.5 Å². The first-order valence-corrected chi connectivity index (χ1v) is 7.66. The number of anilines is 1. The Balaban J connectivity index is 2.13. The van der Waals surface area contributed by atoms with Crippen LogP contribution in [0.2, 0.25) is 10.0 Å². The lowest BCUT2D eigenvalue weighted by Crippen LogP contribution is -2.30. The zero-order valence-electron chi connectivity index (χ0n) is 11.6. The van der Waals surface area contributed by atoms with Crippen molar-refractivity contribution in [2.24, 2.45) is 17.8 Å². The van der Waals surface area contributed by atoms with Crippen molar-refractivity contribution in [1.82, 2.24) is 0 Å². The number of nitrogens with one attached hydrogen (secondary N) is 1.